The first-order valence-electron chi connectivity index (χ1n) is 10.5. The Bertz CT molecular complexity index is 684. The number of rotatable bonds is 5. The van der Waals surface area contributed by atoms with Crippen LogP contribution in [0.15, 0.2) is 30.3 Å². The Morgan fingerprint density at radius 2 is 1.54 bits per heavy atom. The van der Waals surface area contributed by atoms with Crippen LogP contribution < -0.4 is 10.6 Å². The molecule has 0 unspecified atom stereocenters. The highest BCUT2D eigenvalue weighted by Crippen LogP contribution is 2.22. The van der Waals surface area contributed by atoms with Crippen molar-refractivity contribution in [1.29, 1.82) is 0 Å². The highest BCUT2D eigenvalue weighted by molar-refractivity contribution is 5.94. The molecule has 6 heteroatoms. The maximum Gasteiger partial charge on any atom is 0.251 e. The number of hydrogen-bond donors (Lipinski definition) is 2. The Morgan fingerprint density at radius 3 is 2.14 bits per heavy atom. The summed E-state index contributed by atoms with van der Waals surface area (Å²) in [7, 11) is 0. The molecule has 2 N–H and O–H groups in total. The van der Waals surface area contributed by atoms with E-state index in [2.05, 4.69) is 10.6 Å². The molecule has 28 heavy (non-hydrogen) atoms. The predicted molar refractivity (Wildman–Crippen MR) is 108 cm³/mol. The average Bonchev–Trinajstić information content (AvgIpc) is 2.75. The van der Waals surface area contributed by atoms with Gasteiger partial charge < -0.3 is 15.5 Å². The van der Waals surface area contributed by atoms with Crippen molar-refractivity contribution in [1.82, 2.24) is 15.5 Å². The van der Waals surface area contributed by atoms with Gasteiger partial charge >= 0.3 is 0 Å². The normalized spacial score (nSPS) is 23.1. The van der Waals surface area contributed by atoms with Gasteiger partial charge in [-0.2, -0.15) is 0 Å². The first-order valence-corrected chi connectivity index (χ1v) is 10.5. The van der Waals surface area contributed by atoms with Gasteiger partial charge in [0.25, 0.3) is 5.91 Å². The van der Waals surface area contributed by atoms with Crippen LogP contribution in [0.3, 0.4) is 0 Å². The molecule has 2 aliphatic rings. The number of benzene rings is 1. The van der Waals surface area contributed by atoms with Gasteiger partial charge in [-0.1, -0.05) is 38.0 Å². The quantitative estimate of drug-likeness (QED) is 0.817. The molecule has 0 aromatic heterocycles. The minimum atomic E-state index is -0.0851. The second-order valence-corrected chi connectivity index (χ2v) is 7.85. The molecule has 0 bridgehead atoms. The van der Waals surface area contributed by atoms with Gasteiger partial charge in [-0.05, 0) is 37.8 Å². The third kappa shape index (κ3) is 5.12. The van der Waals surface area contributed by atoms with E-state index in [9.17, 15) is 14.4 Å². The highest BCUT2D eigenvalue weighted by atomic mass is 16.2. The van der Waals surface area contributed by atoms with E-state index >= 15 is 0 Å². The number of nitrogens with one attached hydrogen (secondary N) is 2. The first-order chi connectivity index (χ1) is 13.6. The van der Waals surface area contributed by atoms with Crippen molar-refractivity contribution < 1.29 is 14.4 Å². The molecule has 152 valence electrons. The fourth-order valence-electron chi connectivity index (χ4n) is 4.23. The molecule has 2 fully saturated rings. The topological polar surface area (TPSA) is 78.5 Å². The summed E-state index contributed by atoms with van der Waals surface area (Å²) in [5.41, 5.74) is 0.645. The molecule has 1 aromatic carbocycles. The number of carbonyl (C=O) groups is 3. The van der Waals surface area contributed by atoms with Gasteiger partial charge in [-0.3, -0.25) is 14.4 Å². The lowest BCUT2D eigenvalue weighted by Crippen LogP contribution is -2.55. The van der Waals surface area contributed by atoms with Crippen LogP contribution in [-0.4, -0.2) is 47.8 Å². The monoisotopic (exact) mass is 385 g/mol. The van der Waals surface area contributed by atoms with E-state index in [0.29, 0.717) is 37.9 Å². The summed E-state index contributed by atoms with van der Waals surface area (Å²) in [6.45, 7) is 3.18. The Labute approximate surface area is 167 Å². The highest BCUT2D eigenvalue weighted by Gasteiger charge is 2.32. The largest absolute Gasteiger partial charge is 0.351 e. The molecule has 1 saturated heterocycles. The van der Waals surface area contributed by atoms with Gasteiger partial charge in [0.1, 0.15) is 0 Å². The molecule has 2 atom stereocenters. The SMILES string of the molecule is CCC(=O)N1CCC(C(=O)N[C@@H]2CCCC[C@H]2NC(=O)c2ccccc2)CC1. The number of nitrogens with zero attached hydrogens (tertiary/aromatic N) is 1. The fraction of sp³-hybridized carbons (Fsp3) is 0.591. The number of piperidine rings is 1. The summed E-state index contributed by atoms with van der Waals surface area (Å²) < 4.78 is 0. The maximum absolute atomic E-state index is 12.8. The lowest BCUT2D eigenvalue weighted by Gasteiger charge is -2.36. The minimum Gasteiger partial charge on any atom is -0.351 e. The van der Waals surface area contributed by atoms with Crippen LogP contribution in [-0.2, 0) is 9.59 Å². The molecule has 1 heterocycles. The zero-order valence-corrected chi connectivity index (χ0v) is 16.7. The number of amides is 3. The van der Waals surface area contributed by atoms with Gasteiger partial charge in [0.15, 0.2) is 0 Å². The Kier molecular flexibility index (Phi) is 7.06. The standard InChI is InChI=1S/C22H31N3O3/c1-2-20(26)25-14-12-17(13-15-25)22(28)24-19-11-7-6-10-18(19)23-21(27)16-8-4-3-5-9-16/h3-5,8-9,17-19H,2,6-7,10-15H2,1H3,(H,23,27)(H,24,28)/t18-,19-/m1/s1. The molecule has 6 nitrogen and oxygen atoms in total. The lowest BCUT2D eigenvalue weighted by atomic mass is 9.88. The summed E-state index contributed by atoms with van der Waals surface area (Å²) >= 11 is 0. The van der Waals surface area contributed by atoms with Crippen molar-refractivity contribution in [3.8, 4) is 0 Å². The average molecular weight is 386 g/mol. The van der Waals surface area contributed by atoms with Gasteiger partial charge in [0.05, 0.1) is 0 Å². The van der Waals surface area contributed by atoms with Crippen LogP contribution in [0.25, 0.3) is 0 Å². The van der Waals surface area contributed by atoms with Crippen molar-refractivity contribution in [3.63, 3.8) is 0 Å². The van der Waals surface area contributed by atoms with E-state index in [4.69, 9.17) is 0 Å². The second-order valence-electron chi connectivity index (χ2n) is 7.85. The van der Waals surface area contributed by atoms with Crippen molar-refractivity contribution in [2.24, 2.45) is 5.92 Å². The zero-order valence-electron chi connectivity index (χ0n) is 16.7. The molecular weight excluding hydrogens is 354 g/mol. The summed E-state index contributed by atoms with van der Waals surface area (Å²) in [6.07, 6.45) is 5.83. The van der Waals surface area contributed by atoms with Crippen LogP contribution in [0.4, 0.5) is 0 Å². The van der Waals surface area contributed by atoms with Crippen molar-refractivity contribution in [3.05, 3.63) is 35.9 Å². The van der Waals surface area contributed by atoms with Crippen LogP contribution in [0, 0.1) is 5.92 Å². The summed E-state index contributed by atoms with van der Waals surface area (Å²) in [5, 5.41) is 6.31. The van der Waals surface area contributed by atoms with Gasteiger partial charge in [0, 0.05) is 43.1 Å². The number of hydrogen-bond acceptors (Lipinski definition) is 3. The van der Waals surface area contributed by atoms with E-state index < -0.39 is 0 Å². The smallest absolute Gasteiger partial charge is 0.251 e. The van der Waals surface area contributed by atoms with Crippen LogP contribution in [0.2, 0.25) is 0 Å². The summed E-state index contributed by atoms with van der Waals surface area (Å²) in [6, 6.07) is 9.14. The Balaban J connectivity index is 1.53. The molecule has 0 spiro atoms. The molecule has 0 radical (unpaired) electrons. The molecule has 3 rings (SSSR count). The van der Waals surface area contributed by atoms with Gasteiger partial charge in [-0.25, -0.2) is 0 Å². The van der Waals surface area contributed by atoms with E-state index in [1.54, 1.807) is 12.1 Å². The number of likely N-dealkylation sites (tertiary alicyclic amines) is 1. The van der Waals surface area contributed by atoms with Crippen molar-refractivity contribution >= 4 is 17.7 Å². The van der Waals surface area contributed by atoms with Gasteiger partial charge in [-0.15, -0.1) is 0 Å². The lowest BCUT2D eigenvalue weighted by molar-refractivity contribution is -0.135. The predicted octanol–water partition coefficient (Wildman–Crippen LogP) is 2.49. The molecular formula is C22H31N3O3. The summed E-state index contributed by atoms with van der Waals surface area (Å²) in [5.74, 6) is 0.0933. The molecule has 1 aromatic rings. The first kappa shape index (κ1) is 20.4. The molecule has 1 saturated carbocycles. The zero-order chi connectivity index (χ0) is 19.9. The van der Waals surface area contributed by atoms with Crippen LogP contribution >= 0.6 is 0 Å². The third-order valence-corrected chi connectivity index (χ3v) is 5.97. The van der Waals surface area contributed by atoms with Crippen LogP contribution in [0.1, 0.15) is 62.2 Å². The van der Waals surface area contributed by atoms with Gasteiger partial charge in [0.2, 0.25) is 11.8 Å². The van der Waals surface area contributed by atoms with Crippen molar-refractivity contribution in [2.45, 2.75) is 64.0 Å². The Morgan fingerprint density at radius 1 is 0.929 bits per heavy atom. The third-order valence-electron chi connectivity index (χ3n) is 5.97. The molecule has 1 aliphatic carbocycles. The van der Waals surface area contributed by atoms with Crippen molar-refractivity contribution in [2.75, 3.05) is 13.1 Å². The maximum atomic E-state index is 12.8. The second kappa shape index (κ2) is 9.71. The minimum absolute atomic E-state index is 0.0239. The van der Waals surface area contributed by atoms with E-state index in [1.807, 2.05) is 30.0 Å². The fourth-order valence-corrected chi connectivity index (χ4v) is 4.23. The molecule has 1 aliphatic heterocycles. The van der Waals surface area contributed by atoms with Crippen LogP contribution in [0.5, 0.6) is 0 Å². The Hall–Kier alpha value is -2.37. The summed E-state index contributed by atoms with van der Waals surface area (Å²) in [4.78, 5) is 39.0. The van der Waals surface area contributed by atoms with E-state index in [1.165, 1.54) is 0 Å². The van der Waals surface area contributed by atoms with E-state index in [-0.39, 0.29) is 35.7 Å². The van der Waals surface area contributed by atoms with E-state index in [0.717, 1.165) is 25.7 Å². The number of carbonyl (C=O) groups excluding carboxylic acids is 3. The molecule has 3 amide bonds.